The monoisotopic (exact) mass is 140 g/mol. The van der Waals surface area contributed by atoms with Crippen LogP contribution in [0.5, 0.6) is 0 Å². The van der Waals surface area contributed by atoms with Crippen LogP contribution < -0.4 is 0 Å². The molecule has 0 radical (unpaired) electrons. The van der Waals surface area contributed by atoms with Crippen LogP contribution >= 0.6 is 0 Å². The van der Waals surface area contributed by atoms with Crippen molar-refractivity contribution in [3.05, 3.63) is 24.5 Å². The molecule has 0 atom stereocenters. The van der Waals surface area contributed by atoms with Crippen molar-refractivity contribution in [2.75, 3.05) is 6.61 Å². The van der Waals surface area contributed by atoms with Gasteiger partial charge in [-0.1, -0.05) is 26.5 Å². The molecule has 0 aliphatic rings. The van der Waals surface area contributed by atoms with Crippen molar-refractivity contribution in [1.82, 2.24) is 0 Å². The van der Waals surface area contributed by atoms with Crippen molar-refractivity contribution in [3.63, 3.8) is 0 Å². The molecular formula is C9H16O. The Balaban J connectivity index is 3.31. The molecule has 0 amide bonds. The van der Waals surface area contributed by atoms with Crippen molar-refractivity contribution in [1.29, 1.82) is 0 Å². The maximum atomic E-state index is 5.25. The van der Waals surface area contributed by atoms with Crippen molar-refractivity contribution in [2.24, 2.45) is 0 Å². The second-order valence-corrected chi connectivity index (χ2v) is 2.41. The smallest absolute Gasteiger partial charge is 0.114 e. The Morgan fingerprint density at radius 3 is 2.40 bits per heavy atom. The highest BCUT2D eigenvalue weighted by Crippen LogP contribution is 2.05. The first-order valence-corrected chi connectivity index (χ1v) is 3.66. The summed E-state index contributed by atoms with van der Waals surface area (Å²) in [5, 5.41) is 0. The van der Waals surface area contributed by atoms with Crippen molar-refractivity contribution < 1.29 is 4.74 Å². The summed E-state index contributed by atoms with van der Waals surface area (Å²) in [6.07, 6.45) is 2.25. The standard InChI is InChI=1S/C9H16O/c1-5-6-7-10-9(4)8(2)3/h2,4-7H2,1,3H3. The summed E-state index contributed by atoms with van der Waals surface area (Å²) in [5.41, 5.74) is 0.913. The Kier molecular flexibility index (Phi) is 4.73. The van der Waals surface area contributed by atoms with Gasteiger partial charge in [0.1, 0.15) is 5.76 Å². The van der Waals surface area contributed by atoms with Gasteiger partial charge in [-0.3, -0.25) is 0 Å². The second kappa shape index (κ2) is 5.10. The molecule has 0 aliphatic carbocycles. The molecule has 0 saturated carbocycles. The highest BCUT2D eigenvalue weighted by atomic mass is 16.5. The number of rotatable bonds is 5. The zero-order chi connectivity index (χ0) is 7.98. The second-order valence-electron chi connectivity index (χ2n) is 2.41. The van der Waals surface area contributed by atoms with Gasteiger partial charge in [0.15, 0.2) is 0 Å². The van der Waals surface area contributed by atoms with Gasteiger partial charge in [0, 0.05) is 0 Å². The lowest BCUT2D eigenvalue weighted by Gasteiger charge is -2.06. The first kappa shape index (κ1) is 9.28. The van der Waals surface area contributed by atoms with Crippen LogP contribution in [0.15, 0.2) is 24.5 Å². The first-order chi connectivity index (χ1) is 4.68. The Bertz CT molecular complexity index is 125. The quantitative estimate of drug-likeness (QED) is 0.324. The van der Waals surface area contributed by atoms with Gasteiger partial charge in [0.25, 0.3) is 0 Å². The van der Waals surface area contributed by atoms with Crippen molar-refractivity contribution in [2.45, 2.75) is 26.7 Å². The van der Waals surface area contributed by atoms with E-state index in [1.165, 1.54) is 0 Å². The van der Waals surface area contributed by atoms with Crippen LogP contribution in [0.2, 0.25) is 0 Å². The maximum Gasteiger partial charge on any atom is 0.114 e. The minimum atomic E-state index is 0.716. The fourth-order valence-electron chi connectivity index (χ4n) is 0.463. The van der Waals surface area contributed by atoms with Crippen molar-refractivity contribution >= 4 is 0 Å². The average Bonchev–Trinajstić information content (AvgIpc) is 1.88. The summed E-state index contributed by atoms with van der Waals surface area (Å²) >= 11 is 0. The number of hydrogen-bond acceptors (Lipinski definition) is 1. The Morgan fingerprint density at radius 1 is 1.40 bits per heavy atom. The predicted octanol–water partition coefficient (Wildman–Crippen LogP) is 2.89. The Morgan fingerprint density at radius 2 is 2.00 bits per heavy atom. The van der Waals surface area contributed by atoms with E-state index < -0.39 is 0 Å². The number of unbranched alkanes of at least 4 members (excludes halogenated alkanes) is 1. The summed E-state index contributed by atoms with van der Waals surface area (Å²) in [6.45, 7) is 12.2. The highest BCUT2D eigenvalue weighted by molar-refractivity contribution is 5.15. The molecule has 1 nitrogen and oxygen atoms in total. The zero-order valence-corrected chi connectivity index (χ0v) is 6.94. The van der Waals surface area contributed by atoms with Crippen LogP contribution in [0.4, 0.5) is 0 Å². The van der Waals surface area contributed by atoms with Crippen LogP contribution in [0.1, 0.15) is 26.7 Å². The SMILES string of the molecule is C=C(C)C(=C)OCCCC. The van der Waals surface area contributed by atoms with E-state index in [0.717, 1.165) is 25.0 Å². The lowest BCUT2D eigenvalue weighted by Crippen LogP contribution is -1.93. The van der Waals surface area contributed by atoms with Crippen LogP contribution in [-0.4, -0.2) is 6.61 Å². The summed E-state index contributed by atoms with van der Waals surface area (Å²) in [5.74, 6) is 0.716. The molecule has 0 aromatic rings. The molecule has 10 heavy (non-hydrogen) atoms. The molecular weight excluding hydrogens is 124 g/mol. The molecule has 0 aromatic carbocycles. The Hall–Kier alpha value is -0.720. The molecule has 1 heteroatoms. The fourth-order valence-corrected chi connectivity index (χ4v) is 0.463. The summed E-state index contributed by atoms with van der Waals surface area (Å²) in [7, 11) is 0. The van der Waals surface area contributed by atoms with Crippen LogP contribution in [0.25, 0.3) is 0 Å². The van der Waals surface area contributed by atoms with Gasteiger partial charge in [0.05, 0.1) is 6.61 Å². The van der Waals surface area contributed by atoms with E-state index in [2.05, 4.69) is 20.1 Å². The van der Waals surface area contributed by atoms with Crippen LogP contribution in [-0.2, 0) is 4.74 Å². The van der Waals surface area contributed by atoms with E-state index in [4.69, 9.17) is 4.74 Å². The van der Waals surface area contributed by atoms with E-state index in [1.807, 2.05) is 6.92 Å². The normalized spacial score (nSPS) is 9.00. The molecule has 0 bridgehead atoms. The average molecular weight is 140 g/mol. The third kappa shape index (κ3) is 4.19. The van der Waals surface area contributed by atoms with Gasteiger partial charge in [-0.25, -0.2) is 0 Å². The van der Waals surface area contributed by atoms with Gasteiger partial charge >= 0.3 is 0 Å². The maximum absolute atomic E-state index is 5.25. The molecule has 0 heterocycles. The van der Waals surface area contributed by atoms with Crippen LogP contribution in [0.3, 0.4) is 0 Å². The molecule has 0 rings (SSSR count). The lowest BCUT2D eigenvalue weighted by molar-refractivity contribution is 0.216. The molecule has 0 N–H and O–H groups in total. The number of allylic oxidation sites excluding steroid dienone is 1. The van der Waals surface area contributed by atoms with Gasteiger partial charge in [0.2, 0.25) is 0 Å². The van der Waals surface area contributed by atoms with Gasteiger partial charge in [-0.2, -0.15) is 0 Å². The summed E-state index contributed by atoms with van der Waals surface area (Å²) < 4.78 is 5.25. The van der Waals surface area contributed by atoms with E-state index in [1.54, 1.807) is 0 Å². The molecule has 0 aromatic heterocycles. The van der Waals surface area contributed by atoms with Gasteiger partial charge in [-0.15, -0.1) is 0 Å². The molecule has 0 spiro atoms. The van der Waals surface area contributed by atoms with E-state index in [9.17, 15) is 0 Å². The van der Waals surface area contributed by atoms with Crippen molar-refractivity contribution in [3.8, 4) is 0 Å². The minimum absolute atomic E-state index is 0.716. The van der Waals surface area contributed by atoms with E-state index in [0.29, 0.717) is 5.76 Å². The molecule has 58 valence electrons. The number of ether oxygens (including phenoxy) is 1. The van der Waals surface area contributed by atoms with Crippen LogP contribution in [0, 0.1) is 0 Å². The minimum Gasteiger partial charge on any atom is -0.494 e. The third-order valence-corrected chi connectivity index (χ3v) is 1.25. The summed E-state index contributed by atoms with van der Waals surface area (Å²) in [4.78, 5) is 0. The molecule has 0 aliphatic heterocycles. The lowest BCUT2D eigenvalue weighted by atomic mass is 10.3. The predicted molar refractivity (Wildman–Crippen MR) is 44.8 cm³/mol. The highest BCUT2D eigenvalue weighted by Gasteiger charge is 1.92. The van der Waals surface area contributed by atoms with Gasteiger partial charge in [-0.05, 0) is 18.9 Å². The third-order valence-electron chi connectivity index (χ3n) is 1.25. The largest absolute Gasteiger partial charge is 0.494 e. The fraction of sp³-hybridized carbons (Fsp3) is 0.556. The van der Waals surface area contributed by atoms with E-state index in [-0.39, 0.29) is 0 Å². The topological polar surface area (TPSA) is 9.23 Å². The van der Waals surface area contributed by atoms with E-state index >= 15 is 0 Å². The molecule has 0 saturated heterocycles. The Labute approximate surface area is 63.4 Å². The summed E-state index contributed by atoms with van der Waals surface area (Å²) in [6, 6.07) is 0. The molecule has 0 fully saturated rings. The van der Waals surface area contributed by atoms with Gasteiger partial charge < -0.3 is 4.74 Å². The molecule has 0 unspecified atom stereocenters. The first-order valence-electron chi connectivity index (χ1n) is 3.66. The zero-order valence-electron chi connectivity index (χ0n) is 6.94. The number of hydrogen-bond donors (Lipinski definition) is 0.